The number of benzene rings is 2. The third-order valence-electron chi connectivity index (χ3n) is 4.45. The number of rotatable bonds is 7. The summed E-state index contributed by atoms with van der Waals surface area (Å²) in [6.07, 6.45) is 2.64. The van der Waals surface area contributed by atoms with E-state index in [1.807, 2.05) is 29.2 Å². The van der Waals surface area contributed by atoms with Gasteiger partial charge in [0.2, 0.25) is 5.91 Å². The largest absolute Gasteiger partial charge is 0.492 e. The van der Waals surface area contributed by atoms with E-state index in [0.717, 1.165) is 24.9 Å². The van der Waals surface area contributed by atoms with Crippen molar-refractivity contribution in [1.29, 1.82) is 0 Å². The lowest BCUT2D eigenvalue weighted by atomic mass is 10.1. The second kappa shape index (κ2) is 9.99. The minimum Gasteiger partial charge on any atom is -0.492 e. The monoisotopic (exact) mass is 401 g/mol. The Labute approximate surface area is 169 Å². The Morgan fingerprint density at radius 2 is 1.96 bits per heavy atom. The van der Waals surface area contributed by atoms with E-state index >= 15 is 0 Å². The van der Waals surface area contributed by atoms with Crippen LogP contribution in [0, 0.1) is 0 Å². The van der Waals surface area contributed by atoms with E-state index in [9.17, 15) is 9.59 Å². The van der Waals surface area contributed by atoms with Crippen molar-refractivity contribution in [3.05, 3.63) is 59.1 Å². The summed E-state index contributed by atoms with van der Waals surface area (Å²) in [6, 6.07) is 14.3. The summed E-state index contributed by atoms with van der Waals surface area (Å²) in [5.74, 6) is 0.898. The lowest BCUT2D eigenvalue weighted by Gasteiger charge is -2.26. The van der Waals surface area contributed by atoms with Crippen molar-refractivity contribution < 1.29 is 14.3 Å². The number of anilines is 1. The minimum absolute atomic E-state index is 0.197. The van der Waals surface area contributed by atoms with Gasteiger partial charge in [-0.15, -0.1) is 0 Å². The van der Waals surface area contributed by atoms with Crippen LogP contribution < -0.4 is 15.4 Å². The first-order valence-corrected chi connectivity index (χ1v) is 9.78. The molecule has 1 heterocycles. The normalized spacial score (nSPS) is 13.9. The predicted octanol–water partition coefficient (Wildman–Crippen LogP) is 4.05. The molecule has 2 aromatic rings. The molecule has 1 aliphatic rings. The number of likely N-dealkylation sites (tertiary alicyclic amines) is 1. The molecule has 148 valence electrons. The summed E-state index contributed by atoms with van der Waals surface area (Å²) in [7, 11) is 0. The van der Waals surface area contributed by atoms with Crippen molar-refractivity contribution in [2.75, 3.05) is 25.0 Å². The van der Waals surface area contributed by atoms with Gasteiger partial charge in [-0.1, -0.05) is 23.7 Å². The molecule has 0 spiro atoms. The highest BCUT2D eigenvalue weighted by Crippen LogP contribution is 2.17. The smallest absolute Gasteiger partial charge is 0.319 e. The third-order valence-corrected chi connectivity index (χ3v) is 4.70. The molecule has 3 amide bonds. The summed E-state index contributed by atoms with van der Waals surface area (Å²) >= 11 is 5.82. The van der Waals surface area contributed by atoms with Gasteiger partial charge in [0.15, 0.2) is 0 Å². The highest BCUT2D eigenvalue weighted by Gasteiger charge is 2.18. The number of ether oxygens (including phenoxy) is 1. The molecule has 0 aliphatic carbocycles. The van der Waals surface area contributed by atoms with E-state index in [1.165, 1.54) is 0 Å². The summed E-state index contributed by atoms with van der Waals surface area (Å²) in [5.41, 5.74) is 1.69. The Hall–Kier alpha value is -2.73. The average Bonchev–Trinajstić information content (AvgIpc) is 2.69. The van der Waals surface area contributed by atoms with Gasteiger partial charge in [0.1, 0.15) is 12.4 Å². The van der Waals surface area contributed by atoms with E-state index in [2.05, 4.69) is 10.6 Å². The molecule has 0 aromatic heterocycles. The van der Waals surface area contributed by atoms with Gasteiger partial charge in [-0.3, -0.25) is 4.79 Å². The van der Waals surface area contributed by atoms with Crippen LogP contribution in [0.4, 0.5) is 10.5 Å². The molecule has 1 fully saturated rings. The fraction of sp³-hybridized carbons (Fsp3) is 0.333. The Kier molecular flexibility index (Phi) is 7.14. The van der Waals surface area contributed by atoms with Crippen LogP contribution in [0.1, 0.15) is 24.8 Å². The second-order valence-corrected chi connectivity index (χ2v) is 7.09. The highest BCUT2D eigenvalue weighted by molar-refractivity contribution is 6.30. The van der Waals surface area contributed by atoms with Crippen LogP contribution in [-0.4, -0.2) is 36.5 Å². The van der Waals surface area contributed by atoms with Gasteiger partial charge in [-0.05, 0) is 54.8 Å². The summed E-state index contributed by atoms with van der Waals surface area (Å²) < 4.78 is 5.54. The molecule has 0 bridgehead atoms. The second-order valence-electron chi connectivity index (χ2n) is 6.66. The maximum absolute atomic E-state index is 12.1. The van der Waals surface area contributed by atoms with Gasteiger partial charge in [0.05, 0.1) is 6.54 Å². The van der Waals surface area contributed by atoms with Crippen molar-refractivity contribution in [1.82, 2.24) is 10.2 Å². The predicted molar refractivity (Wildman–Crippen MR) is 110 cm³/mol. The molecule has 3 rings (SSSR count). The molecule has 1 aliphatic heterocycles. The third kappa shape index (κ3) is 6.16. The van der Waals surface area contributed by atoms with Crippen molar-refractivity contribution in [3.63, 3.8) is 0 Å². The van der Waals surface area contributed by atoms with Crippen LogP contribution in [0.5, 0.6) is 5.75 Å². The molecule has 1 saturated heterocycles. The molecule has 6 nitrogen and oxygen atoms in total. The highest BCUT2D eigenvalue weighted by atomic mass is 35.5. The van der Waals surface area contributed by atoms with Crippen LogP contribution in [0.25, 0.3) is 0 Å². The van der Waals surface area contributed by atoms with Gasteiger partial charge in [0, 0.05) is 30.2 Å². The van der Waals surface area contributed by atoms with Crippen LogP contribution in [0.15, 0.2) is 48.5 Å². The van der Waals surface area contributed by atoms with E-state index in [1.54, 1.807) is 24.3 Å². The Bertz CT molecular complexity index is 811. The first kappa shape index (κ1) is 20.0. The van der Waals surface area contributed by atoms with E-state index < -0.39 is 0 Å². The molecule has 2 N–H and O–H groups in total. The number of halogens is 1. The van der Waals surface area contributed by atoms with Crippen molar-refractivity contribution in [2.45, 2.75) is 25.8 Å². The first-order valence-electron chi connectivity index (χ1n) is 9.40. The minimum atomic E-state index is -0.300. The molecule has 7 heteroatoms. The van der Waals surface area contributed by atoms with Crippen LogP contribution in [-0.2, 0) is 11.3 Å². The number of nitrogens with one attached hydrogen (secondary N) is 2. The zero-order valence-electron chi connectivity index (χ0n) is 15.6. The molecule has 0 atom stereocenters. The van der Waals surface area contributed by atoms with Crippen LogP contribution >= 0.6 is 11.6 Å². The van der Waals surface area contributed by atoms with Crippen molar-refractivity contribution in [3.8, 4) is 5.75 Å². The van der Waals surface area contributed by atoms with Gasteiger partial charge in [-0.2, -0.15) is 0 Å². The molecular formula is C21H24ClN3O3. The molecule has 0 saturated carbocycles. The summed E-state index contributed by atoms with van der Waals surface area (Å²) in [5, 5.41) is 6.22. The quantitative estimate of drug-likeness (QED) is 0.687. The maximum atomic E-state index is 12.1. The Balaban J connectivity index is 1.42. The number of carbonyl (C=O) groups excluding carboxylic acids is 2. The number of carbonyl (C=O) groups is 2. The van der Waals surface area contributed by atoms with Gasteiger partial charge < -0.3 is 20.3 Å². The fourth-order valence-electron chi connectivity index (χ4n) is 3.04. The number of urea groups is 1. The number of piperidine rings is 1. The Morgan fingerprint density at radius 1 is 1.14 bits per heavy atom. The lowest BCUT2D eigenvalue weighted by Crippen LogP contribution is -2.34. The van der Waals surface area contributed by atoms with Crippen molar-refractivity contribution in [2.24, 2.45) is 0 Å². The lowest BCUT2D eigenvalue weighted by molar-refractivity contribution is -0.133. The topological polar surface area (TPSA) is 70.7 Å². The van der Waals surface area contributed by atoms with E-state index in [0.29, 0.717) is 42.6 Å². The van der Waals surface area contributed by atoms with Crippen LogP contribution in [0.2, 0.25) is 5.02 Å². The fourth-order valence-corrected chi connectivity index (χ4v) is 3.16. The average molecular weight is 402 g/mol. The SMILES string of the molecule is O=C(NCCOc1ccc(Cl)cc1)Nc1cccc(CN2CCCCC2=O)c1. The zero-order chi connectivity index (χ0) is 19.8. The molecule has 0 unspecified atom stereocenters. The van der Waals surface area contributed by atoms with E-state index in [-0.39, 0.29) is 11.9 Å². The number of hydrogen-bond acceptors (Lipinski definition) is 3. The molecule has 28 heavy (non-hydrogen) atoms. The first-order chi connectivity index (χ1) is 13.6. The summed E-state index contributed by atoms with van der Waals surface area (Å²) in [6.45, 7) is 2.10. The number of amides is 3. The molecule has 0 radical (unpaired) electrons. The Morgan fingerprint density at radius 3 is 2.75 bits per heavy atom. The molecular weight excluding hydrogens is 378 g/mol. The van der Waals surface area contributed by atoms with Gasteiger partial charge >= 0.3 is 6.03 Å². The maximum Gasteiger partial charge on any atom is 0.319 e. The van der Waals surface area contributed by atoms with Crippen LogP contribution in [0.3, 0.4) is 0 Å². The number of hydrogen-bond donors (Lipinski definition) is 2. The van der Waals surface area contributed by atoms with Gasteiger partial charge in [-0.25, -0.2) is 4.79 Å². The van der Waals surface area contributed by atoms with Gasteiger partial charge in [0.25, 0.3) is 0 Å². The summed E-state index contributed by atoms with van der Waals surface area (Å²) in [4.78, 5) is 25.9. The van der Waals surface area contributed by atoms with Crippen molar-refractivity contribution >= 4 is 29.2 Å². The number of nitrogens with zero attached hydrogens (tertiary/aromatic N) is 1. The zero-order valence-corrected chi connectivity index (χ0v) is 16.4. The van der Waals surface area contributed by atoms with E-state index in [4.69, 9.17) is 16.3 Å². The molecule has 2 aromatic carbocycles. The standard InChI is InChI=1S/C21H24ClN3O3/c22-17-7-9-19(10-8-17)28-13-11-23-21(27)24-18-5-3-4-16(14-18)15-25-12-2-1-6-20(25)26/h3-5,7-10,14H,1-2,6,11-13,15H2,(H2,23,24,27).